The second kappa shape index (κ2) is 4.17. The van der Waals surface area contributed by atoms with E-state index in [1.807, 2.05) is 23.0 Å². The number of benzene rings is 3. The van der Waals surface area contributed by atoms with Gasteiger partial charge in [0.2, 0.25) is 0 Å². The number of halogens is 1. The van der Waals surface area contributed by atoms with Gasteiger partial charge in [0.25, 0.3) is 0 Å². The van der Waals surface area contributed by atoms with Crippen molar-refractivity contribution in [1.29, 1.82) is 0 Å². The highest BCUT2D eigenvalue weighted by atomic mass is 19.1. The van der Waals surface area contributed by atoms with E-state index in [0.717, 1.165) is 16.6 Å². The summed E-state index contributed by atoms with van der Waals surface area (Å²) in [4.78, 5) is 0. The first-order chi connectivity index (χ1) is 9.81. The molecule has 3 heteroatoms. The Morgan fingerprint density at radius 1 is 0.800 bits per heavy atom. The lowest BCUT2D eigenvalue weighted by molar-refractivity contribution is 0.627. The van der Waals surface area contributed by atoms with Crippen LogP contribution in [0.15, 0.2) is 66.9 Å². The van der Waals surface area contributed by atoms with Crippen molar-refractivity contribution in [2.75, 3.05) is 0 Å². The molecule has 0 spiro atoms. The molecule has 0 bridgehead atoms. The van der Waals surface area contributed by atoms with Gasteiger partial charge in [-0.1, -0.05) is 24.3 Å². The molecule has 0 aliphatic rings. The average molecular weight is 262 g/mol. The van der Waals surface area contributed by atoms with Crippen molar-refractivity contribution in [3.63, 3.8) is 0 Å². The van der Waals surface area contributed by atoms with E-state index in [2.05, 4.69) is 29.4 Å². The lowest BCUT2D eigenvalue weighted by atomic mass is 10.1. The summed E-state index contributed by atoms with van der Waals surface area (Å²) in [6, 6.07) is 18.8. The van der Waals surface area contributed by atoms with Gasteiger partial charge in [-0.25, -0.2) is 9.07 Å². The van der Waals surface area contributed by atoms with Crippen LogP contribution in [0.5, 0.6) is 0 Å². The van der Waals surface area contributed by atoms with E-state index in [0.29, 0.717) is 0 Å². The van der Waals surface area contributed by atoms with E-state index in [4.69, 9.17) is 0 Å². The molecule has 0 amide bonds. The fourth-order valence-corrected chi connectivity index (χ4v) is 2.50. The Kier molecular flexibility index (Phi) is 2.33. The average Bonchev–Trinajstić information content (AvgIpc) is 2.88. The summed E-state index contributed by atoms with van der Waals surface area (Å²) in [5.74, 6) is -0.240. The van der Waals surface area contributed by atoms with E-state index < -0.39 is 0 Å². The van der Waals surface area contributed by atoms with Gasteiger partial charge in [-0.05, 0) is 47.2 Å². The molecular weight excluding hydrogens is 251 g/mol. The van der Waals surface area contributed by atoms with E-state index in [1.165, 1.54) is 22.9 Å². The summed E-state index contributed by atoms with van der Waals surface area (Å²) in [7, 11) is 0. The highest BCUT2D eigenvalue weighted by molar-refractivity contribution is 5.97. The second-order valence-electron chi connectivity index (χ2n) is 4.79. The summed E-state index contributed by atoms with van der Waals surface area (Å²) in [6.07, 6.45) is 1.84. The predicted octanol–water partition coefficient (Wildman–Crippen LogP) is 4.32. The Balaban J connectivity index is 2.00. The van der Waals surface area contributed by atoms with E-state index in [9.17, 15) is 4.39 Å². The molecule has 0 radical (unpaired) electrons. The first kappa shape index (κ1) is 11.2. The summed E-state index contributed by atoms with van der Waals surface area (Å²) in [5, 5.41) is 7.85. The van der Waals surface area contributed by atoms with Crippen LogP contribution in [0.2, 0.25) is 0 Å². The molecule has 0 atom stereocenters. The summed E-state index contributed by atoms with van der Waals surface area (Å²) in [6.45, 7) is 0. The van der Waals surface area contributed by atoms with Crippen LogP contribution in [0.25, 0.3) is 27.4 Å². The fourth-order valence-electron chi connectivity index (χ4n) is 2.50. The van der Waals surface area contributed by atoms with Crippen LogP contribution < -0.4 is 0 Å². The van der Waals surface area contributed by atoms with Crippen LogP contribution >= 0.6 is 0 Å². The third-order valence-electron chi connectivity index (χ3n) is 3.51. The van der Waals surface area contributed by atoms with Crippen LogP contribution in [0.3, 0.4) is 0 Å². The molecule has 4 aromatic rings. The van der Waals surface area contributed by atoms with E-state index >= 15 is 0 Å². The molecule has 2 nitrogen and oxygen atoms in total. The number of fused-ring (bicyclic) bond motifs is 2. The van der Waals surface area contributed by atoms with Gasteiger partial charge in [0, 0.05) is 5.39 Å². The van der Waals surface area contributed by atoms with E-state index in [1.54, 1.807) is 12.1 Å². The van der Waals surface area contributed by atoms with Gasteiger partial charge in [0.15, 0.2) is 0 Å². The Bertz CT molecular complexity index is 907. The van der Waals surface area contributed by atoms with Crippen molar-refractivity contribution in [2.24, 2.45) is 0 Å². The zero-order chi connectivity index (χ0) is 13.5. The number of rotatable bonds is 1. The van der Waals surface area contributed by atoms with Crippen LogP contribution in [-0.2, 0) is 0 Å². The first-order valence-electron chi connectivity index (χ1n) is 6.44. The molecule has 1 aromatic heterocycles. The maximum Gasteiger partial charge on any atom is 0.123 e. The Labute approximate surface area is 115 Å². The number of nitrogens with zero attached hydrogens (tertiary/aromatic N) is 2. The quantitative estimate of drug-likeness (QED) is 0.499. The molecule has 0 N–H and O–H groups in total. The van der Waals surface area contributed by atoms with Crippen molar-refractivity contribution in [1.82, 2.24) is 9.78 Å². The smallest absolute Gasteiger partial charge is 0.123 e. The van der Waals surface area contributed by atoms with Gasteiger partial charge in [-0.3, -0.25) is 0 Å². The van der Waals surface area contributed by atoms with Crippen LogP contribution in [0, 0.1) is 5.82 Å². The molecule has 3 aromatic carbocycles. The lowest BCUT2D eigenvalue weighted by Gasteiger charge is -2.04. The monoisotopic (exact) mass is 262 g/mol. The van der Waals surface area contributed by atoms with Crippen molar-refractivity contribution in [3.05, 3.63) is 72.7 Å². The molecule has 0 unspecified atom stereocenters. The minimum atomic E-state index is -0.240. The normalized spacial score (nSPS) is 11.2. The third-order valence-corrected chi connectivity index (χ3v) is 3.51. The van der Waals surface area contributed by atoms with Crippen molar-refractivity contribution < 1.29 is 4.39 Å². The lowest BCUT2D eigenvalue weighted by Crippen LogP contribution is -1.95. The number of aromatic nitrogens is 2. The fraction of sp³-hybridized carbons (Fsp3) is 0. The van der Waals surface area contributed by atoms with Crippen LogP contribution in [0.4, 0.5) is 4.39 Å². The molecule has 96 valence electrons. The number of hydrogen-bond donors (Lipinski definition) is 0. The number of hydrogen-bond acceptors (Lipinski definition) is 1. The van der Waals surface area contributed by atoms with Crippen LogP contribution in [-0.4, -0.2) is 9.78 Å². The van der Waals surface area contributed by atoms with Crippen LogP contribution in [0.1, 0.15) is 0 Å². The first-order valence-corrected chi connectivity index (χ1v) is 6.44. The highest BCUT2D eigenvalue weighted by Gasteiger charge is 2.06. The summed E-state index contributed by atoms with van der Waals surface area (Å²) < 4.78 is 14.9. The minimum absolute atomic E-state index is 0.240. The van der Waals surface area contributed by atoms with Gasteiger partial charge in [-0.2, -0.15) is 5.10 Å². The van der Waals surface area contributed by atoms with Crippen molar-refractivity contribution in [2.45, 2.75) is 0 Å². The maximum absolute atomic E-state index is 13.0. The Hall–Kier alpha value is -2.68. The standard InChI is InChI=1S/C17H11FN2/c18-15-5-7-16(8-6-15)20-17-10-13-4-2-1-3-12(13)9-14(17)11-19-20/h1-11H. The molecular formula is C17H11FN2. The van der Waals surface area contributed by atoms with E-state index in [-0.39, 0.29) is 5.82 Å². The topological polar surface area (TPSA) is 17.8 Å². The van der Waals surface area contributed by atoms with Gasteiger partial charge < -0.3 is 0 Å². The Morgan fingerprint density at radius 2 is 1.50 bits per heavy atom. The molecule has 0 aliphatic heterocycles. The minimum Gasteiger partial charge on any atom is -0.233 e. The van der Waals surface area contributed by atoms with Gasteiger partial charge in [-0.15, -0.1) is 0 Å². The molecule has 1 heterocycles. The van der Waals surface area contributed by atoms with Gasteiger partial charge >= 0.3 is 0 Å². The molecule has 0 aliphatic carbocycles. The molecule has 0 fully saturated rings. The largest absolute Gasteiger partial charge is 0.233 e. The summed E-state index contributed by atoms with van der Waals surface area (Å²) >= 11 is 0. The van der Waals surface area contributed by atoms with Crippen molar-refractivity contribution >= 4 is 21.7 Å². The molecule has 0 saturated heterocycles. The zero-order valence-electron chi connectivity index (χ0n) is 10.6. The van der Waals surface area contributed by atoms with Gasteiger partial charge in [0.1, 0.15) is 5.82 Å². The molecule has 0 saturated carbocycles. The molecule has 4 rings (SSSR count). The predicted molar refractivity (Wildman–Crippen MR) is 78.5 cm³/mol. The SMILES string of the molecule is Fc1ccc(-n2ncc3cc4ccccc4cc32)cc1. The van der Waals surface area contributed by atoms with Gasteiger partial charge in [0.05, 0.1) is 17.4 Å². The van der Waals surface area contributed by atoms with Crippen molar-refractivity contribution in [3.8, 4) is 5.69 Å². The zero-order valence-corrected chi connectivity index (χ0v) is 10.6. The molecule has 20 heavy (non-hydrogen) atoms. The highest BCUT2D eigenvalue weighted by Crippen LogP contribution is 2.24. The third kappa shape index (κ3) is 1.67. The maximum atomic E-state index is 13.0. The second-order valence-corrected chi connectivity index (χ2v) is 4.79. The Morgan fingerprint density at radius 3 is 2.25 bits per heavy atom. The summed E-state index contributed by atoms with van der Waals surface area (Å²) in [5.41, 5.74) is 1.88.